The lowest BCUT2D eigenvalue weighted by Gasteiger charge is -2.46. The van der Waals surface area contributed by atoms with Gasteiger partial charge in [0.2, 0.25) is 0 Å². The van der Waals surface area contributed by atoms with Crippen LogP contribution in [0.3, 0.4) is 0 Å². The van der Waals surface area contributed by atoms with Crippen molar-refractivity contribution in [2.75, 3.05) is 20.3 Å². The lowest BCUT2D eigenvalue weighted by Crippen LogP contribution is -2.62. The third-order valence-corrected chi connectivity index (χ3v) is 7.98. The molecule has 5 atom stereocenters. The average Bonchev–Trinajstić information content (AvgIpc) is 3.23. The Hall–Kier alpha value is -4.14. The van der Waals surface area contributed by atoms with E-state index in [-0.39, 0.29) is 6.10 Å². The van der Waals surface area contributed by atoms with Gasteiger partial charge in [0, 0.05) is 7.11 Å². The van der Waals surface area contributed by atoms with E-state index in [1.54, 1.807) is 7.11 Å². The SMILES string of the molecule is CC.CC.COCC1O[C@H](COCc2ccccc2)[C@@H](OCc2ccccc2)[C@H](OCc2ccccc2)[C@H]1OCc1ccccc1.c1ccccc1. The maximum Gasteiger partial charge on any atom is 0.115 e. The third kappa shape index (κ3) is 15.2. The van der Waals surface area contributed by atoms with Crippen molar-refractivity contribution in [3.63, 3.8) is 0 Å². The third-order valence-electron chi connectivity index (χ3n) is 7.98. The first-order valence-corrected chi connectivity index (χ1v) is 18.5. The normalized spacial score (nSPS) is 19.1. The molecule has 6 nitrogen and oxygen atoms in total. The summed E-state index contributed by atoms with van der Waals surface area (Å²) < 4.78 is 38.4. The Labute approximate surface area is 312 Å². The number of rotatable bonds is 15. The first kappa shape index (κ1) is 42.3. The molecule has 0 spiro atoms. The molecule has 5 aromatic rings. The van der Waals surface area contributed by atoms with E-state index in [0.29, 0.717) is 39.6 Å². The van der Waals surface area contributed by atoms with Crippen molar-refractivity contribution in [3.05, 3.63) is 180 Å². The predicted molar refractivity (Wildman–Crippen MR) is 211 cm³/mol. The van der Waals surface area contributed by atoms with Crippen LogP contribution in [0.4, 0.5) is 0 Å². The van der Waals surface area contributed by atoms with Crippen LogP contribution in [0, 0.1) is 0 Å². The van der Waals surface area contributed by atoms with Gasteiger partial charge in [0.05, 0.1) is 39.6 Å². The molecule has 1 heterocycles. The molecular formula is C46H58O6. The summed E-state index contributed by atoms with van der Waals surface area (Å²) in [5.74, 6) is 0. The molecule has 0 N–H and O–H groups in total. The van der Waals surface area contributed by atoms with Gasteiger partial charge in [-0.15, -0.1) is 0 Å². The molecule has 1 aliphatic heterocycles. The molecule has 0 aromatic heterocycles. The summed E-state index contributed by atoms with van der Waals surface area (Å²) >= 11 is 0. The van der Waals surface area contributed by atoms with Crippen LogP contribution in [0.1, 0.15) is 49.9 Å². The maximum atomic E-state index is 6.70. The van der Waals surface area contributed by atoms with Crippen molar-refractivity contribution in [2.24, 2.45) is 0 Å². The monoisotopic (exact) mass is 706 g/mol. The minimum Gasteiger partial charge on any atom is -0.382 e. The molecule has 0 aliphatic carbocycles. The predicted octanol–water partition coefficient (Wildman–Crippen LogP) is 10.1. The van der Waals surface area contributed by atoms with Gasteiger partial charge in [0.15, 0.2) is 0 Å². The van der Waals surface area contributed by atoms with Crippen molar-refractivity contribution in [2.45, 2.75) is 84.6 Å². The molecular weight excluding hydrogens is 648 g/mol. The first-order chi connectivity index (χ1) is 25.8. The van der Waals surface area contributed by atoms with Crippen molar-refractivity contribution < 1.29 is 28.4 Å². The Morgan fingerprint density at radius 3 is 1.02 bits per heavy atom. The Morgan fingerprint density at radius 1 is 0.385 bits per heavy atom. The van der Waals surface area contributed by atoms with Crippen LogP contribution in [0.2, 0.25) is 0 Å². The topological polar surface area (TPSA) is 55.4 Å². The maximum absolute atomic E-state index is 6.70. The van der Waals surface area contributed by atoms with Crippen LogP contribution in [-0.4, -0.2) is 50.8 Å². The highest BCUT2D eigenvalue weighted by molar-refractivity contribution is 5.16. The van der Waals surface area contributed by atoms with Gasteiger partial charge in [0.25, 0.3) is 0 Å². The van der Waals surface area contributed by atoms with Gasteiger partial charge in [0.1, 0.15) is 30.5 Å². The fourth-order valence-corrected chi connectivity index (χ4v) is 5.57. The minimum atomic E-state index is -0.446. The highest BCUT2D eigenvalue weighted by atomic mass is 16.6. The zero-order valence-electron chi connectivity index (χ0n) is 31.6. The molecule has 0 amide bonds. The van der Waals surface area contributed by atoms with E-state index in [1.165, 1.54) is 0 Å². The average molecular weight is 707 g/mol. The minimum absolute atomic E-state index is 0.338. The van der Waals surface area contributed by atoms with Crippen LogP contribution in [0.25, 0.3) is 0 Å². The standard InChI is InChI=1S/C36H40O6.C6H6.2C2H6/c1-37-26-32-34(39-23-29-16-8-3-9-17-29)36(41-25-31-20-12-5-13-21-31)35(40-24-30-18-10-4-11-19-30)33(42-32)27-38-22-28-14-6-2-7-15-28;1-2-4-6-5-3-1;2*1-2/h2-21,32-36H,22-27H2,1H3;1-6H;2*1-2H3/t32?,33-,34+,35-,36-;;;/m1.../s1. The van der Waals surface area contributed by atoms with Gasteiger partial charge in [-0.1, -0.05) is 185 Å². The molecule has 5 aromatic carbocycles. The number of methoxy groups -OCH3 is 1. The molecule has 52 heavy (non-hydrogen) atoms. The van der Waals surface area contributed by atoms with Crippen LogP contribution in [0.5, 0.6) is 0 Å². The molecule has 1 unspecified atom stereocenters. The largest absolute Gasteiger partial charge is 0.382 e. The van der Waals surface area contributed by atoms with Gasteiger partial charge >= 0.3 is 0 Å². The lowest BCUT2D eigenvalue weighted by molar-refractivity contribution is -0.278. The van der Waals surface area contributed by atoms with E-state index >= 15 is 0 Å². The molecule has 0 radical (unpaired) electrons. The van der Waals surface area contributed by atoms with Gasteiger partial charge in [-0.25, -0.2) is 0 Å². The Kier molecular flexibility index (Phi) is 21.6. The Bertz CT molecular complexity index is 1480. The Balaban J connectivity index is 0.000000644. The second-order valence-corrected chi connectivity index (χ2v) is 11.6. The molecule has 6 rings (SSSR count). The van der Waals surface area contributed by atoms with Crippen molar-refractivity contribution in [3.8, 4) is 0 Å². The summed E-state index contributed by atoms with van der Waals surface area (Å²) in [7, 11) is 1.68. The number of hydrogen-bond acceptors (Lipinski definition) is 6. The lowest BCUT2D eigenvalue weighted by atomic mass is 9.94. The summed E-state index contributed by atoms with van der Waals surface area (Å²) in [6, 6.07) is 52.6. The summed E-state index contributed by atoms with van der Waals surface area (Å²) in [5, 5.41) is 0. The molecule has 1 saturated heterocycles. The smallest absolute Gasteiger partial charge is 0.115 e. The summed E-state index contributed by atoms with van der Waals surface area (Å²) in [6.07, 6.45) is -2.08. The van der Waals surface area contributed by atoms with Gasteiger partial charge in [-0.2, -0.15) is 0 Å². The zero-order valence-corrected chi connectivity index (χ0v) is 31.6. The van der Waals surface area contributed by atoms with Gasteiger partial charge < -0.3 is 28.4 Å². The molecule has 1 aliphatic rings. The van der Waals surface area contributed by atoms with Gasteiger partial charge in [-0.3, -0.25) is 0 Å². The highest BCUT2D eigenvalue weighted by Crippen LogP contribution is 2.31. The summed E-state index contributed by atoms with van der Waals surface area (Å²) in [4.78, 5) is 0. The van der Waals surface area contributed by atoms with Crippen molar-refractivity contribution >= 4 is 0 Å². The summed E-state index contributed by atoms with van der Waals surface area (Å²) in [5.41, 5.74) is 4.33. The zero-order chi connectivity index (χ0) is 37.1. The Morgan fingerprint density at radius 2 is 0.673 bits per heavy atom. The number of benzene rings is 5. The van der Waals surface area contributed by atoms with E-state index in [1.807, 2.05) is 137 Å². The quantitative estimate of drug-likeness (QED) is 0.108. The first-order valence-electron chi connectivity index (χ1n) is 18.5. The van der Waals surface area contributed by atoms with E-state index in [0.717, 1.165) is 22.3 Å². The van der Waals surface area contributed by atoms with Crippen LogP contribution >= 0.6 is 0 Å². The van der Waals surface area contributed by atoms with E-state index in [9.17, 15) is 0 Å². The molecule has 1 fully saturated rings. The highest BCUT2D eigenvalue weighted by Gasteiger charge is 2.48. The molecule has 278 valence electrons. The molecule has 0 saturated carbocycles. The van der Waals surface area contributed by atoms with Gasteiger partial charge in [-0.05, 0) is 22.3 Å². The van der Waals surface area contributed by atoms with Crippen molar-refractivity contribution in [1.82, 2.24) is 0 Å². The van der Waals surface area contributed by atoms with E-state index in [2.05, 4.69) is 48.5 Å². The number of hydrogen-bond donors (Lipinski definition) is 0. The fraction of sp³-hybridized carbons (Fsp3) is 0.348. The second-order valence-electron chi connectivity index (χ2n) is 11.6. The van der Waals surface area contributed by atoms with E-state index in [4.69, 9.17) is 28.4 Å². The van der Waals surface area contributed by atoms with Crippen LogP contribution < -0.4 is 0 Å². The summed E-state index contributed by atoms with van der Waals surface area (Å²) in [6.45, 7) is 10.4. The molecule has 0 bridgehead atoms. The van der Waals surface area contributed by atoms with E-state index < -0.39 is 24.4 Å². The van der Waals surface area contributed by atoms with Crippen LogP contribution in [0.15, 0.2) is 158 Å². The fourth-order valence-electron chi connectivity index (χ4n) is 5.57. The second kappa shape index (κ2) is 26.6. The van der Waals surface area contributed by atoms with Crippen LogP contribution in [-0.2, 0) is 54.8 Å². The van der Waals surface area contributed by atoms with Crippen molar-refractivity contribution in [1.29, 1.82) is 0 Å². The molecule has 6 heteroatoms. The number of ether oxygens (including phenoxy) is 6.